The summed E-state index contributed by atoms with van der Waals surface area (Å²) in [6, 6.07) is 0. The Kier molecular flexibility index (Phi) is 65.7. The normalized spacial score (nSPS) is 12.5. The summed E-state index contributed by atoms with van der Waals surface area (Å²) in [6.45, 7) is 6.52. The maximum atomic E-state index is 12.9. The van der Waals surface area contributed by atoms with Crippen LogP contribution in [0, 0.1) is 0 Å². The van der Waals surface area contributed by atoms with E-state index in [0.717, 1.165) is 77.0 Å². The van der Waals surface area contributed by atoms with Crippen LogP contribution in [-0.2, 0) is 28.6 Å². The van der Waals surface area contributed by atoms with Gasteiger partial charge in [-0.25, -0.2) is 0 Å². The van der Waals surface area contributed by atoms with Crippen molar-refractivity contribution in [2.75, 3.05) is 13.2 Å². The molecule has 0 saturated heterocycles. The number of rotatable bonds is 64. The fourth-order valence-corrected chi connectivity index (χ4v) is 10.3. The van der Waals surface area contributed by atoms with E-state index >= 15 is 0 Å². The maximum absolute atomic E-state index is 12.9. The highest BCUT2D eigenvalue weighted by Crippen LogP contribution is 2.18. The van der Waals surface area contributed by atoms with Crippen molar-refractivity contribution in [3.63, 3.8) is 0 Å². The highest BCUT2D eigenvalue weighted by Gasteiger charge is 2.19. The zero-order valence-electron chi connectivity index (χ0n) is 53.3. The van der Waals surface area contributed by atoms with Gasteiger partial charge in [0.25, 0.3) is 0 Å². The summed E-state index contributed by atoms with van der Waals surface area (Å²) in [4.78, 5) is 38.3. The fourth-order valence-electron chi connectivity index (χ4n) is 10.3. The van der Waals surface area contributed by atoms with Crippen molar-refractivity contribution in [1.82, 2.24) is 0 Å². The summed E-state index contributed by atoms with van der Waals surface area (Å²) in [6.07, 6.45) is 89.6. The molecule has 0 fully saturated rings. The number of carbonyl (C=O) groups is 3. The largest absolute Gasteiger partial charge is 0.462 e. The summed E-state index contributed by atoms with van der Waals surface area (Å²) in [5.74, 6) is -0.965. The van der Waals surface area contributed by atoms with Crippen LogP contribution in [0.3, 0.4) is 0 Å². The van der Waals surface area contributed by atoms with E-state index in [1.54, 1.807) is 0 Å². The molecule has 1 atom stereocenters. The molecule has 0 radical (unpaired) electrons. The lowest BCUT2D eigenvalue weighted by Gasteiger charge is -2.18. The van der Waals surface area contributed by atoms with Crippen LogP contribution in [0.15, 0.2) is 72.9 Å². The minimum atomic E-state index is -0.814. The zero-order valence-corrected chi connectivity index (χ0v) is 53.3. The van der Waals surface area contributed by atoms with Gasteiger partial charge in [-0.3, -0.25) is 14.4 Å². The molecular weight excluding hydrogens is 985 g/mol. The smallest absolute Gasteiger partial charge is 0.306 e. The summed E-state index contributed by atoms with van der Waals surface area (Å²) in [7, 11) is 0. The second-order valence-electron chi connectivity index (χ2n) is 23.4. The van der Waals surface area contributed by atoms with Crippen molar-refractivity contribution in [1.29, 1.82) is 0 Å². The SMILES string of the molecule is CC/C=C\C/C=C\C/C=C\C/C=C\C/C=C\C/C=C\CCC(=O)OC(COC(=O)CCCCCCCCCCCCCCCC)COC(=O)CCCCCCCCCCCCCCCCCCCCCCCCCCCCCCC. The molecule has 0 bridgehead atoms. The highest BCUT2D eigenvalue weighted by molar-refractivity contribution is 5.71. The van der Waals surface area contributed by atoms with E-state index in [1.165, 1.54) is 238 Å². The number of esters is 3. The first-order valence-electron chi connectivity index (χ1n) is 34.9. The second-order valence-corrected chi connectivity index (χ2v) is 23.4. The van der Waals surface area contributed by atoms with Crippen LogP contribution in [0.4, 0.5) is 0 Å². The molecule has 0 saturated carbocycles. The van der Waals surface area contributed by atoms with Crippen molar-refractivity contribution in [3.05, 3.63) is 72.9 Å². The lowest BCUT2D eigenvalue weighted by Crippen LogP contribution is -2.30. The molecule has 0 heterocycles. The first-order valence-corrected chi connectivity index (χ1v) is 34.9. The molecule has 0 amide bonds. The van der Waals surface area contributed by atoms with E-state index in [-0.39, 0.29) is 37.5 Å². The number of hydrogen-bond donors (Lipinski definition) is 0. The third-order valence-corrected chi connectivity index (χ3v) is 15.5. The first-order chi connectivity index (χ1) is 39.5. The monoisotopic (exact) mass is 1120 g/mol. The lowest BCUT2D eigenvalue weighted by atomic mass is 10.0. The Bertz CT molecular complexity index is 1470. The van der Waals surface area contributed by atoms with E-state index in [9.17, 15) is 14.4 Å². The van der Waals surface area contributed by atoms with E-state index in [0.29, 0.717) is 19.3 Å². The maximum Gasteiger partial charge on any atom is 0.306 e. The van der Waals surface area contributed by atoms with Crippen LogP contribution in [0.5, 0.6) is 0 Å². The topological polar surface area (TPSA) is 78.9 Å². The lowest BCUT2D eigenvalue weighted by molar-refractivity contribution is -0.166. The third kappa shape index (κ3) is 65.7. The zero-order chi connectivity index (χ0) is 57.8. The van der Waals surface area contributed by atoms with Crippen LogP contribution in [-0.4, -0.2) is 37.2 Å². The van der Waals surface area contributed by atoms with Gasteiger partial charge in [0.15, 0.2) is 6.10 Å². The molecule has 0 aliphatic rings. The van der Waals surface area contributed by atoms with E-state index < -0.39 is 6.10 Å². The minimum absolute atomic E-state index is 0.101. The molecule has 0 rings (SSSR count). The summed E-state index contributed by atoms with van der Waals surface area (Å²) < 4.78 is 16.9. The van der Waals surface area contributed by atoms with Crippen molar-refractivity contribution in [2.24, 2.45) is 0 Å². The Balaban J connectivity index is 4.28. The van der Waals surface area contributed by atoms with Crippen LogP contribution in [0.1, 0.15) is 361 Å². The van der Waals surface area contributed by atoms with E-state index in [2.05, 4.69) is 87.6 Å². The van der Waals surface area contributed by atoms with Gasteiger partial charge >= 0.3 is 17.9 Å². The summed E-state index contributed by atoms with van der Waals surface area (Å²) in [5, 5.41) is 0. The molecule has 6 nitrogen and oxygen atoms in total. The van der Waals surface area contributed by atoms with E-state index in [4.69, 9.17) is 14.2 Å². The second kappa shape index (κ2) is 68.3. The van der Waals surface area contributed by atoms with Crippen LogP contribution < -0.4 is 0 Å². The van der Waals surface area contributed by atoms with Gasteiger partial charge in [-0.15, -0.1) is 0 Å². The molecule has 1 unspecified atom stereocenters. The minimum Gasteiger partial charge on any atom is -0.462 e. The Morgan fingerprint density at radius 3 is 0.738 bits per heavy atom. The quantitative estimate of drug-likeness (QED) is 0.0261. The molecule has 80 heavy (non-hydrogen) atoms. The third-order valence-electron chi connectivity index (χ3n) is 15.5. The molecule has 0 aromatic carbocycles. The van der Waals surface area contributed by atoms with Gasteiger partial charge in [0, 0.05) is 19.3 Å². The van der Waals surface area contributed by atoms with Gasteiger partial charge in [-0.1, -0.05) is 357 Å². The first kappa shape index (κ1) is 76.9. The van der Waals surface area contributed by atoms with Gasteiger partial charge in [0.05, 0.1) is 0 Å². The molecule has 0 aliphatic heterocycles. The summed E-state index contributed by atoms with van der Waals surface area (Å²) >= 11 is 0. The number of unbranched alkanes of at least 4 members (excludes halogenated alkanes) is 41. The predicted octanol–water partition coefficient (Wildman–Crippen LogP) is 24.1. The molecule has 464 valence electrons. The van der Waals surface area contributed by atoms with Crippen LogP contribution >= 0.6 is 0 Å². The van der Waals surface area contributed by atoms with E-state index in [1.807, 2.05) is 6.08 Å². The molecule has 0 N–H and O–H groups in total. The van der Waals surface area contributed by atoms with Crippen molar-refractivity contribution in [2.45, 2.75) is 367 Å². The molecule has 0 spiro atoms. The molecule has 6 heteroatoms. The number of allylic oxidation sites excluding steroid dienone is 12. The van der Waals surface area contributed by atoms with Gasteiger partial charge < -0.3 is 14.2 Å². The van der Waals surface area contributed by atoms with Gasteiger partial charge in [-0.05, 0) is 57.8 Å². The number of hydrogen-bond acceptors (Lipinski definition) is 6. The molecule has 0 aromatic rings. The summed E-state index contributed by atoms with van der Waals surface area (Å²) in [5.41, 5.74) is 0. The van der Waals surface area contributed by atoms with Crippen LogP contribution in [0.25, 0.3) is 0 Å². The standard InChI is InChI=1S/C74H132O6/c1-4-7-10-13-16-19-22-25-28-30-32-33-34-35-36-37-38-39-40-41-43-44-46-49-52-55-58-61-64-67-73(76)79-70-71(69-78-72(75)66-63-60-57-54-51-48-27-24-21-18-15-12-9-6-3)80-74(77)68-65-62-59-56-53-50-47-45-42-31-29-26-23-20-17-14-11-8-5-2/h8,11,17,20,26,29,42,45,50,53,59,62,71H,4-7,9-10,12-16,18-19,21-25,27-28,30-41,43-44,46-49,51-52,54-58,60-61,63-70H2,1-3H3/b11-8-,20-17-,29-26-,45-42-,53-50-,62-59-. The van der Waals surface area contributed by atoms with Gasteiger partial charge in [0.2, 0.25) is 0 Å². The average molecular weight is 1120 g/mol. The average Bonchev–Trinajstić information content (AvgIpc) is 3.46. The van der Waals surface area contributed by atoms with Gasteiger partial charge in [-0.2, -0.15) is 0 Å². The molecule has 0 aliphatic carbocycles. The Hall–Kier alpha value is -3.15. The van der Waals surface area contributed by atoms with Gasteiger partial charge in [0.1, 0.15) is 13.2 Å². The van der Waals surface area contributed by atoms with Crippen molar-refractivity contribution < 1.29 is 28.6 Å². The molecule has 0 aromatic heterocycles. The number of carbonyl (C=O) groups excluding carboxylic acids is 3. The Labute approximate surface area is 497 Å². The Morgan fingerprint density at radius 1 is 0.263 bits per heavy atom. The van der Waals surface area contributed by atoms with Crippen molar-refractivity contribution >= 4 is 17.9 Å². The van der Waals surface area contributed by atoms with Crippen LogP contribution in [0.2, 0.25) is 0 Å². The number of ether oxygens (including phenoxy) is 3. The fraction of sp³-hybridized carbons (Fsp3) is 0.797. The predicted molar refractivity (Wildman–Crippen MR) is 348 cm³/mol. The molecular formula is C74H132O6. The Morgan fingerprint density at radius 2 is 0.487 bits per heavy atom. The van der Waals surface area contributed by atoms with Crippen molar-refractivity contribution in [3.8, 4) is 0 Å². The highest BCUT2D eigenvalue weighted by atomic mass is 16.6.